The van der Waals surface area contributed by atoms with E-state index in [4.69, 9.17) is 10.5 Å². The summed E-state index contributed by atoms with van der Waals surface area (Å²) >= 11 is 0. The number of benzene rings is 1. The second-order valence-electron chi connectivity index (χ2n) is 6.33. The van der Waals surface area contributed by atoms with Gasteiger partial charge in [0.1, 0.15) is 0 Å². The van der Waals surface area contributed by atoms with E-state index in [2.05, 4.69) is 36.1 Å². The molecule has 0 unspecified atom stereocenters. The van der Waals surface area contributed by atoms with Gasteiger partial charge in [-0.25, -0.2) is 0 Å². The molecule has 2 heterocycles. The molecule has 0 spiro atoms. The van der Waals surface area contributed by atoms with Crippen LogP contribution in [0.5, 0.6) is 0 Å². The minimum absolute atomic E-state index is 0. The van der Waals surface area contributed by atoms with Crippen molar-refractivity contribution < 1.29 is 9.53 Å². The highest BCUT2D eigenvalue weighted by atomic mass is 35.5. The summed E-state index contributed by atoms with van der Waals surface area (Å²) in [6.07, 6.45) is 1.26. The van der Waals surface area contributed by atoms with Gasteiger partial charge in [-0.3, -0.25) is 4.79 Å². The number of carbonyl (C=O) groups excluding carboxylic acids is 1. The third-order valence-electron chi connectivity index (χ3n) is 4.83. The maximum Gasteiger partial charge on any atom is 0.242 e. The molecule has 2 fully saturated rings. The Morgan fingerprint density at radius 3 is 2.25 bits per heavy atom. The maximum absolute atomic E-state index is 12.7. The van der Waals surface area contributed by atoms with Crippen LogP contribution >= 0.6 is 24.8 Å². The predicted molar refractivity (Wildman–Crippen MR) is 101 cm³/mol. The Morgan fingerprint density at radius 2 is 1.67 bits per heavy atom. The van der Waals surface area contributed by atoms with Crippen LogP contribution < -0.4 is 10.6 Å². The lowest BCUT2D eigenvalue weighted by Crippen LogP contribution is -2.61. The Morgan fingerprint density at radius 1 is 1.08 bits per heavy atom. The monoisotopic (exact) mass is 375 g/mol. The first-order valence-electron chi connectivity index (χ1n) is 8.07. The fourth-order valence-electron chi connectivity index (χ4n) is 3.33. The summed E-state index contributed by atoms with van der Waals surface area (Å²) in [5.74, 6) is 0.0974. The van der Waals surface area contributed by atoms with Gasteiger partial charge in [0.2, 0.25) is 5.91 Å². The molecule has 0 bridgehead atoms. The number of nitrogens with two attached hydrogens (primary N) is 1. The van der Waals surface area contributed by atoms with Crippen molar-refractivity contribution in [2.24, 2.45) is 5.73 Å². The van der Waals surface area contributed by atoms with Crippen LogP contribution in [0.3, 0.4) is 0 Å². The van der Waals surface area contributed by atoms with E-state index in [-0.39, 0.29) is 30.7 Å². The van der Waals surface area contributed by atoms with Crippen molar-refractivity contribution in [3.8, 4) is 0 Å². The van der Waals surface area contributed by atoms with E-state index in [1.54, 1.807) is 0 Å². The van der Waals surface area contributed by atoms with Crippen molar-refractivity contribution in [3.05, 3.63) is 29.8 Å². The molecule has 1 amide bonds. The molecule has 7 heteroatoms. The Hall–Kier alpha value is -1.01. The molecule has 3 rings (SSSR count). The zero-order valence-corrected chi connectivity index (χ0v) is 15.7. The number of hydrogen-bond acceptors (Lipinski definition) is 4. The summed E-state index contributed by atoms with van der Waals surface area (Å²) in [6.45, 7) is 6.52. The molecule has 0 atom stereocenters. The van der Waals surface area contributed by atoms with Gasteiger partial charge in [0, 0.05) is 45.1 Å². The number of rotatable bonds is 2. The van der Waals surface area contributed by atoms with Crippen molar-refractivity contribution in [3.63, 3.8) is 0 Å². The van der Waals surface area contributed by atoms with Gasteiger partial charge in [-0.1, -0.05) is 18.2 Å². The van der Waals surface area contributed by atoms with E-state index in [0.717, 1.165) is 26.2 Å². The number of nitrogens with zero attached hydrogens (tertiary/aromatic N) is 2. The molecule has 0 saturated carbocycles. The van der Waals surface area contributed by atoms with Crippen LogP contribution in [0.1, 0.15) is 18.4 Å². The Kier molecular flexibility index (Phi) is 7.80. The molecule has 2 aliphatic heterocycles. The van der Waals surface area contributed by atoms with Crippen molar-refractivity contribution in [1.82, 2.24) is 4.90 Å². The second-order valence-corrected chi connectivity index (χ2v) is 6.33. The quantitative estimate of drug-likeness (QED) is 0.858. The van der Waals surface area contributed by atoms with E-state index >= 15 is 0 Å². The van der Waals surface area contributed by atoms with E-state index in [1.807, 2.05) is 4.90 Å². The second kappa shape index (κ2) is 8.90. The molecule has 1 aromatic rings. The van der Waals surface area contributed by atoms with Gasteiger partial charge in [0.25, 0.3) is 0 Å². The lowest BCUT2D eigenvalue weighted by molar-refractivity contribution is -0.140. The summed E-state index contributed by atoms with van der Waals surface area (Å²) in [4.78, 5) is 17.0. The van der Waals surface area contributed by atoms with Gasteiger partial charge in [-0.15, -0.1) is 24.8 Å². The molecule has 0 radical (unpaired) electrons. The molecule has 2 saturated heterocycles. The number of piperazine rings is 1. The maximum atomic E-state index is 12.7. The minimum Gasteiger partial charge on any atom is -0.381 e. The number of ether oxygens (including phenoxy) is 1. The smallest absolute Gasteiger partial charge is 0.242 e. The van der Waals surface area contributed by atoms with Gasteiger partial charge < -0.3 is 20.3 Å². The average Bonchev–Trinajstić information content (AvgIpc) is 2.55. The largest absolute Gasteiger partial charge is 0.381 e. The van der Waals surface area contributed by atoms with Crippen LogP contribution in [-0.4, -0.2) is 55.7 Å². The molecule has 2 N–H and O–H groups in total. The van der Waals surface area contributed by atoms with Crippen LogP contribution in [0.4, 0.5) is 5.69 Å². The number of carbonyl (C=O) groups is 1. The number of para-hydroxylation sites is 1. The fraction of sp³-hybridized carbons (Fsp3) is 0.588. The van der Waals surface area contributed by atoms with Crippen LogP contribution in [0.25, 0.3) is 0 Å². The zero-order chi connectivity index (χ0) is 15.6. The van der Waals surface area contributed by atoms with Gasteiger partial charge in [0.15, 0.2) is 0 Å². The van der Waals surface area contributed by atoms with E-state index in [0.29, 0.717) is 26.1 Å². The van der Waals surface area contributed by atoms with Gasteiger partial charge in [-0.2, -0.15) is 0 Å². The lowest BCUT2D eigenvalue weighted by atomic mass is 9.89. The molecular formula is C17H27Cl2N3O2. The van der Waals surface area contributed by atoms with Gasteiger partial charge in [0.05, 0.1) is 5.54 Å². The lowest BCUT2D eigenvalue weighted by Gasteiger charge is -2.41. The zero-order valence-electron chi connectivity index (χ0n) is 14.1. The van der Waals surface area contributed by atoms with Crippen molar-refractivity contribution in [2.75, 3.05) is 44.3 Å². The highest BCUT2D eigenvalue weighted by molar-refractivity contribution is 5.86. The third kappa shape index (κ3) is 4.33. The minimum atomic E-state index is -0.719. The van der Waals surface area contributed by atoms with E-state index in [1.165, 1.54) is 11.3 Å². The molecule has 1 aromatic carbocycles. The molecule has 0 aliphatic carbocycles. The number of anilines is 1. The molecular weight excluding hydrogens is 349 g/mol. The number of hydrogen-bond donors (Lipinski definition) is 1. The first-order valence-corrected chi connectivity index (χ1v) is 8.07. The Balaban J connectivity index is 0.00000144. The summed E-state index contributed by atoms with van der Waals surface area (Å²) < 4.78 is 5.33. The normalized spacial score (nSPS) is 19.9. The molecule has 0 aromatic heterocycles. The highest BCUT2D eigenvalue weighted by Crippen LogP contribution is 2.24. The topological polar surface area (TPSA) is 58.8 Å². The van der Waals surface area contributed by atoms with Crippen molar-refractivity contribution >= 4 is 36.4 Å². The van der Waals surface area contributed by atoms with Crippen LogP contribution in [0, 0.1) is 6.92 Å². The third-order valence-corrected chi connectivity index (χ3v) is 4.83. The first kappa shape index (κ1) is 21.0. The number of aryl methyl sites for hydroxylation is 1. The van der Waals surface area contributed by atoms with Gasteiger partial charge in [-0.05, 0) is 31.4 Å². The standard InChI is InChI=1S/C17H25N3O2.2ClH/c1-14-4-2-3-5-15(14)19-8-10-20(11-9-19)16(21)17(18)6-12-22-13-7-17;;/h2-5H,6-13,18H2,1H3;2*1H. The number of halogens is 2. The molecule has 136 valence electrons. The van der Waals surface area contributed by atoms with Crippen LogP contribution in [-0.2, 0) is 9.53 Å². The molecule has 2 aliphatic rings. The first-order chi connectivity index (χ1) is 10.6. The van der Waals surface area contributed by atoms with E-state index < -0.39 is 5.54 Å². The van der Waals surface area contributed by atoms with E-state index in [9.17, 15) is 4.79 Å². The van der Waals surface area contributed by atoms with Crippen LogP contribution in [0.15, 0.2) is 24.3 Å². The molecule has 5 nitrogen and oxygen atoms in total. The summed E-state index contributed by atoms with van der Waals surface area (Å²) in [5.41, 5.74) is 8.15. The predicted octanol–water partition coefficient (Wildman–Crippen LogP) is 2.00. The summed E-state index contributed by atoms with van der Waals surface area (Å²) in [6, 6.07) is 8.40. The Bertz CT molecular complexity index is 542. The van der Waals surface area contributed by atoms with Crippen molar-refractivity contribution in [1.29, 1.82) is 0 Å². The fourth-order valence-corrected chi connectivity index (χ4v) is 3.33. The molecule has 24 heavy (non-hydrogen) atoms. The van der Waals surface area contributed by atoms with Crippen molar-refractivity contribution in [2.45, 2.75) is 25.3 Å². The summed E-state index contributed by atoms with van der Waals surface area (Å²) in [5, 5.41) is 0. The van der Waals surface area contributed by atoms with Gasteiger partial charge >= 0.3 is 0 Å². The summed E-state index contributed by atoms with van der Waals surface area (Å²) in [7, 11) is 0. The number of amides is 1. The SMILES string of the molecule is Cc1ccccc1N1CCN(C(=O)C2(N)CCOCC2)CC1.Cl.Cl. The average molecular weight is 376 g/mol. The Labute approximate surface area is 156 Å². The highest BCUT2D eigenvalue weighted by Gasteiger charge is 2.39. The van der Waals surface area contributed by atoms with Crippen LogP contribution in [0.2, 0.25) is 0 Å².